The molecule has 2 N–H and O–H groups in total. The Bertz CT molecular complexity index is 810. The average molecular weight is 297 g/mol. The van der Waals surface area contributed by atoms with E-state index in [9.17, 15) is 0 Å². The highest BCUT2D eigenvalue weighted by molar-refractivity contribution is 7.80. The lowest BCUT2D eigenvalue weighted by molar-refractivity contribution is 0.413. The quantitative estimate of drug-likeness (QED) is 0.752. The van der Waals surface area contributed by atoms with Crippen molar-refractivity contribution in [2.24, 2.45) is 5.73 Å². The van der Waals surface area contributed by atoms with Crippen LogP contribution in [-0.4, -0.2) is 21.6 Å². The Labute approximate surface area is 128 Å². The van der Waals surface area contributed by atoms with Crippen LogP contribution in [0.5, 0.6) is 5.75 Å². The first-order chi connectivity index (χ1) is 10.2. The number of ether oxygens (including phenoxy) is 1. The number of thiocarbonyl (C=S) groups is 1. The largest absolute Gasteiger partial charge is 0.496 e. The van der Waals surface area contributed by atoms with Gasteiger partial charge >= 0.3 is 0 Å². The summed E-state index contributed by atoms with van der Waals surface area (Å²) in [5.41, 5.74) is 9.65. The molecule has 3 aromatic rings. The van der Waals surface area contributed by atoms with Crippen molar-refractivity contribution in [1.29, 1.82) is 0 Å². The van der Waals surface area contributed by atoms with E-state index in [4.69, 9.17) is 22.7 Å². The van der Waals surface area contributed by atoms with Gasteiger partial charge in [-0.2, -0.15) is 0 Å². The number of benzene rings is 2. The third kappa shape index (κ3) is 2.60. The first kappa shape index (κ1) is 13.6. The van der Waals surface area contributed by atoms with Gasteiger partial charge in [-0.1, -0.05) is 30.4 Å². The van der Waals surface area contributed by atoms with Crippen molar-refractivity contribution < 1.29 is 4.74 Å². The molecule has 106 valence electrons. The van der Waals surface area contributed by atoms with Gasteiger partial charge in [0.05, 0.1) is 30.0 Å². The molecule has 0 fully saturated rings. The fraction of sp³-hybridized carbons (Fsp3) is 0.125. The van der Waals surface area contributed by atoms with Crippen molar-refractivity contribution >= 4 is 28.2 Å². The lowest BCUT2D eigenvalue weighted by Gasteiger charge is -2.10. The van der Waals surface area contributed by atoms with Crippen molar-refractivity contribution in [3.8, 4) is 5.75 Å². The normalized spacial score (nSPS) is 10.7. The van der Waals surface area contributed by atoms with Gasteiger partial charge in [-0.15, -0.1) is 0 Å². The van der Waals surface area contributed by atoms with E-state index in [-0.39, 0.29) is 0 Å². The second kappa shape index (κ2) is 5.54. The zero-order chi connectivity index (χ0) is 14.8. The maximum atomic E-state index is 5.69. The predicted molar refractivity (Wildman–Crippen MR) is 87.7 cm³/mol. The number of para-hydroxylation sites is 2. The van der Waals surface area contributed by atoms with Crippen molar-refractivity contribution in [2.75, 3.05) is 7.11 Å². The molecule has 0 saturated heterocycles. The van der Waals surface area contributed by atoms with Crippen molar-refractivity contribution in [2.45, 2.75) is 6.54 Å². The minimum atomic E-state index is 0.339. The highest BCUT2D eigenvalue weighted by atomic mass is 32.1. The summed E-state index contributed by atoms with van der Waals surface area (Å²) in [4.78, 5) is 4.73. The van der Waals surface area contributed by atoms with Gasteiger partial charge in [0, 0.05) is 6.54 Å². The van der Waals surface area contributed by atoms with Gasteiger partial charge in [0.25, 0.3) is 0 Å². The molecule has 0 unspecified atom stereocenters. The summed E-state index contributed by atoms with van der Waals surface area (Å²) in [6.07, 6.45) is 1.85. The van der Waals surface area contributed by atoms with Gasteiger partial charge < -0.3 is 15.0 Å². The topological polar surface area (TPSA) is 53.1 Å². The van der Waals surface area contributed by atoms with Crippen LogP contribution in [-0.2, 0) is 6.54 Å². The van der Waals surface area contributed by atoms with Crippen molar-refractivity contribution in [3.05, 3.63) is 59.9 Å². The third-order valence-electron chi connectivity index (χ3n) is 3.41. The minimum Gasteiger partial charge on any atom is -0.496 e. The molecule has 0 radical (unpaired) electrons. The minimum absolute atomic E-state index is 0.339. The van der Waals surface area contributed by atoms with Crippen LogP contribution in [0.25, 0.3) is 11.0 Å². The van der Waals surface area contributed by atoms with E-state index < -0.39 is 0 Å². The molecule has 0 aliphatic heterocycles. The molecule has 1 aromatic heterocycles. The van der Waals surface area contributed by atoms with Gasteiger partial charge in [0.2, 0.25) is 0 Å². The van der Waals surface area contributed by atoms with Gasteiger partial charge in [-0.3, -0.25) is 0 Å². The summed E-state index contributed by atoms with van der Waals surface area (Å²) in [7, 11) is 1.62. The second-order valence-corrected chi connectivity index (χ2v) is 5.20. The summed E-state index contributed by atoms with van der Waals surface area (Å²) in [6, 6.07) is 13.9. The van der Waals surface area contributed by atoms with Gasteiger partial charge in [0.15, 0.2) is 0 Å². The molecule has 0 saturated carbocycles. The molecular formula is C16H15N3OS. The number of hydrogen-bond donors (Lipinski definition) is 1. The van der Waals surface area contributed by atoms with Crippen LogP contribution in [0.2, 0.25) is 0 Å². The van der Waals surface area contributed by atoms with E-state index in [1.54, 1.807) is 7.11 Å². The van der Waals surface area contributed by atoms with Crippen LogP contribution < -0.4 is 10.5 Å². The fourth-order valence-corrected chi connectivity index (χ4v) is 2.54. The zero-order valence-corrected chi connectivity index (χ0v) is 12.4. The number of methoxy groups -OCH3 is 1. The van der Waals surface area contributed by atoms with E-state index in [1.807, 2.05) is 42.7 Å². The highest BCUT2D eigenvalue weighted by Crippen LogP contribution is 2.22. The van der Waals surface area contributed by atoms with E-state index in [2.05, 4.69) is 15.6 Å². The van der Waals surface area contributed by atoms with Crippen LogP contribution in [0.15, 0.2) is 48.8 Å². The van der Waals surface area contributed by atoms with Crippen LogP contribution >= 0.6 is 12.2 Å². The zero-order valence-electron chi connectivity index (χ0n) is 11.6. The van der Waals surface area contributed by atoms with E-state index in [0.717, 1.165) is 22.2 Å². The standard InChI is InChI=1S/C16H15N3OS/c1-20-15-8-11(6-7-12(15)16(17)21)9-19-10-18-13-4-2-3-5-14(13)19/h2-8,10H,9H2,1H3,(H2,17,21). The number of aromatic nitrogens is 2. The predicted octanol–water partition coefficient (Wildman–Crippen LogP) is 2.73. The molecule has 0 spiro atoms. The first-order valence-corrected chi connectivity index (χ1v) is 6.96. The number of nitrogens with zero attached hydrogens (tertiary/aromatic N) is 2. The molecule has 0 aliphatic carbocycles. The fourth-order valence-electron chi connectivity index (χ4n) is 2.37. The molecule has 3 rings (SSSR count). The molecule has 5 heteroatoms. The average Bonchev–Trinajstić information content (AvgIpc) is 2.90. The Morgan fingerprint density at radius 3 is 2.86 bits per heavy atom. The Morgan fingerprint density at radius 1 is 1.29 bits per heavy atom. The van der Waals surface area contributed by atoms with Gasteiger partial charge in [0.1, 0.15) is 10.7 Å². The number of fused-ring (bicyclic) bond motifs is 1. The Hall–Kier alpha value is -2.40. The third-order valence-corrected chi connectivity index (χ3v) is 3.63. The molecule has 4 nitrogen and oxygen atoms in total. The van der Waals surface area contributed by atoms with Crippen LogP contribution in [0, 0.1) is 0 Å². The molecular weight excluding hydrogens is 282 g/mol. The molecule has 1 heterocycles. The molecule has 0 atom stereocenters. The smallest absolute Gasteiger partial charge is 0.129 e. The monoisotopic (exact) mass is 297 g/mol. The van der Waals surface area contributed by atoms with Crippen LogP contribution in [0.3, 0.4) is 0 Å². The number of rotatable bonds is 4. The maximum absolute atomic E-state index is 5.69. The van der Waals surface area contributed by atoms with Crippen molar-refractivity contribution in [1.82, 2.24) is 9.55 Å². The molecule has 0 amide bonds. The summed E-state index contributed by atoms with van der Waals surface area (Å²) < 4.78 is 7.46. The second-order valence-electron chi connectivity index (χ2n) is 4.76. The summed E-state index contributed by atoms with van der Waals surface area (Å²) >= 11 is 5.02. The van der Waals surface area contributed by atoms with Crippen LogP contribution in [0.1, 0.15) is 11.1 Å². The highest BCUT2D eigenvalue weighted by Gasteiger charge is 2.08. The number of hydrogen-bond acceptors (Lipinski definition) is 3. The van der Waals surface area contributed by atoms with Gasteiger partial charge in [-0.25, -0.2) is 4.98 Å². The maximum Gasteiger partial charge on any atom is 0.129 e. The van der Waals surface area contributed by atoms with Crippen LogP contribution in [0.4, 0.5) is 0 Å². The molecule has 21 heavy (non-hydrogen) atoms. The molecule has 0 aliphatic rings. The SMILES string of the molecule is COc1cc(Cn2cnc3ccccc32)ccc1C(N)=S. The van der Waals surface area contributed by atoms with E-state index >= 15 is 0 Å². The lowest BCUT2D eigenvalue weighted by Crippen LogP contribution is -2.11. The Kier molecular flexibility index (Phi) is 3.58. The van der Waals surface area contributed by atoms with Crippen molar-refractivity contribution in [3.63, 3.8) is 0 Å². The van der Waals surface area contributed by atoms with E-state index in [0.29, 0.717) is 17.3 Å². The number of nitrogens with two attached hydrogens (primary N) is 1. The van der Waals surface area contributed by atoms with Gasteiger partial charge in [-0.05, 0) is 29.8 Å². The van der Waals surface area contributed by atoms with E-state index in [1.165, 1.54) is 0 Å². The Balaban J connectivity index is 1.96. The summed E-state index contributed by atoms with van der Waals surface area (Å²) in [5, 5.41) is 0. The number of imidazole rings is 1. The molecule has 2 aromatic carbocycles. The lowest BCUT2D eigenvalue weighted by atomic mass is 10.1. The summed E-state index contributed by atoms with van der Waals surface area (Å²) in [5.74, 6) is 0.699. The summed E-state index contributed by atoms with van der Waals surface area (Å²) in [6.45, 7) is 0.717. The molecule has 0 bridgehead atoms. The first-order valence-electron chi connectivity index (χ1n) is 6.55. The Morgan fingerprint density at radius 2 is 2.10 bits per heavy atom.